The van der Waals surface area contributed by atoms with Crippen molar-refractivity contribution in [2.75, 3.05) is 0 Å². The summed E-state index contributed by atoms with van der Waals surface area (Å²) in [5, 5.41) is 8.20. The zero-order valence-corrected chi connectivity index (χ0v) is 8.81. The molecular formula is C12H22O. The van der Waals surface area contributed by atoms with E-state index in [4.69, 9.17) is 5.11 Å². The van der Waals surface area contributed by atoms with Crippen LogP contribution in [0.4, 0.5) is 0 Å². The lowest BCUT2D eigenvalue weighted by atomic mass is 10.1. The summed E-state index contributed by atoms with van der Waals surface area (Å²) in [5.41, 5.74) is 0. The molecule has 0 heterocycles. The number of aliphatic hydroxyl groups excluding tert-OH is 1. The number of rotatable bonds is 8. The summed E-state index contributed by atoms with van der Waals surface area (Å²) >= 11 is 0. The van der Waals surface area contributed by atoms with Gasteiger partial charge in [0.25, 0.3) is 0 Å². The third-order valence-corrected chi connectivity index (χ3v) is 2.23. The molecular weight excluding hydrogens is 160 g/mol. The standard InChI is InChI=1S/C12H22O/c1-2-3-4-5-6-7-8-9-10-11-12-13/h13H,2-10H2,1H3. The van der Waals surface area contributed by atoms with Crippen molar-refractivity contribution >= 4 is 0 Å². The van der Waals surface area contributed by atoms with Gasteiger partial charge in [0.15, 0.2) is 0 Å². The van der Waals surface area contributed by atoms with E-state index in [1.165, 1.54) is 44.9 Å². The third-order valence-electron chi connectivity index (χ3n) is 2.23. The topological polar surface area (TPSA) is 20.2 Å². The van der Waals surface area contributed by atoms with Crippen molar-refractivity contribution in [3.63, 3.8) is 0 Å². The van der Waals surface area contributed by atoms with Crippen molar-refractivity contribution in [3.05, 3.63) is 0 Å². The normalized spacial score (nSPS) is 9.31. The first kappa shape index (κ1) is 12.4. The Kier molecular flexibility index (Phi) is 10.8. The molecule has 0 aliphatic heterocycles. The van der Waals surface area contributed by atoms with Gasteiger partial charge in [-0.2, -0.15) is 0 Å². The molecule has 0 aromatic rings. The summed E-state index contributed by atoms with van der Waals surface area (Å²) in [6.45, 7) is 2.24. The van der Waals surface area contributed by atoms with Crippen LogP contribution in [0, 0.1) is 12.0 Å². The molecule has 1 N–H and O–H groups in total. The average Bonchev–Trinajstić information content (AvgIpc) is 2.16. The van der Waals surface area contributed by atoms with Crippen LogP contribution in [0.3, 0.4) is 0 Å². The number of unbranched alkanes of at least 4 members (excludes halogenated alkanes) is 8. The fraction of sp³-hybridized carbons (Fsp3) is 0.833. The van der Waals surface area contributed by atoms with Crippen LogP contribution in [0.15, 0.2) is 0 Å². The number of hydrogen-bond donors (Lipinski definition) is 1. The molecule has 0 atom stereocenters. The van der Waals surface area contributed by atoms with E-state index in [0.717, 1.165) is 12.8 Å². The maximum atomic E-state index is 8.20. The van der Waals surface area contributed by atoms with Crippen LogP contribution in [0.25, 0.3) is 0 Å². The smallest absolute Gasteiger partial charge is 0.107 e. The number of hydrogen-bond acceptors (Lipinski definition) is 1. The lowest BCUT2D eigenvalue weighted by Crippen LogP contribution is -1.79. The highest BCUT2D eigenvalue weighted by atomic mass is 16.2. The zero-order chi connectivity index (χ0) is 9.78. The SMILES string of the molecule is CCCCCCCCCCC#CO. The van der Waals surface area contributed by atoms with E-state index in [2.05, 4.69) is 12.8 Å². The number of aliphatic hydroxyl groups is 1. The molecule has 0 saturated heterocycles. The van der Waals surface area contributed by atoms with Gasteiger partial charge in [-0.3, -0.25) is 0 Å². The highest BCUT2D eigenvalue weighted by Gasteiger charge is 1.89. The summed E-state index contributed by atoms with van der Waals surface area (Å²) in [6.07, 6.45) is 13.4. The van der Waals surface area contributed by atoms with E-state index >= 15 is 0 Å². The fourth-order valence-electron chi connectivity index (χ4n) is 1.40. The zero-order valence-electron chi connectivity index (χ0n) is 8.81. The van der Waals surface area contributed by atoms with Crippen molar-refractivity contribution in [1.82, 2.24) is 0 Å². The van der Waals surface area contributed by atoms with E-state index in [1.54, 1.807) is 0 Å². The molecule has 0 saturated carbocycles. The van der Waals surface area contributed by atoms with Crippen LogP contribution >= 0.6 is 0 Å². The van der Waals surface area contributed by atoms with Gasteiger partial charge in [-0.05, 0) is 6.42 Å². The predicted octanol–water partition coefficient (Wildman–Crippen LogP) is 3.85. The highest BCUT2D eigenvalue weighted by molar-refractivity contribution is 4.88. The predicted molar refractivity (Wildman–Crippen MR) is 56.9 cm³/mol. The molecule has 0 radical (unpaired) electrons. The summed E-state index contributed by atoms with van der Waals surface area (Å²) in [6, 6.07) is 0. The first-order valence-electron chi connectivity index (χ1n) is 5.53. The van der Waals surface area contributed by atoms with Crippen molar-refractivity contribution < 1.29 is 5.11 Å². The maximum Gasteiger partial charge on any atom is 0.107 e. The molecule has 0 bridgehead atoms. The Bertz CT molecular complexity index is 141. The lowest BCUT2D eigenvalue weighted by molar-refractivity contribution is 0.515. The maximum absolute atomic E-state index is 8.20. The second kappa shape index (κ2) is 11.4. The van der Waals surface area contributed by atoms with Gasteiger partial charge in [0.2, 0.25) is 0 Å². The summed E-state index contributed by atoms with van der Waals surface area (Å²) in [5.74, 6) is 2.67. The molecule has 0 spiro atoms. The molecule has 0 aromatic heterocycles. The third kappa shape index (κ3) is 11.4. The molecule has 0 fully saturated rings. The Morgan fingerprint density at radius 1 is 0.846 bits per heavy atom. The van der Waals surface area contributed by atoms with Gasteiger partial charge >= 0.3 is 0 Å². The molecule has 13 heavy (non-hydrogen) atoms. The van der Waals surface area contributed by atoms with Gasteiger partial charge in [-0.15, -0.1) is 0 Å². The van der Waals surface area contributed by atoms with E-state index in [9.17, 15) is 0 Å². The van der Waals surface area contributed by atoms with E-state index in [-0.39, 0.29) is 0 Å². The van der Waals surface area contributed by atoms with Gasteiger partial charge in [-0.1, -0.05) is 57.8 Å². The lowest BCUT2D eigenvalue weighted by Gasteiger charge is -1.98. The summed E-state index contributed by atoms with van der Waals surface area (Å²) < 4.78 is 0. The molecule has 0 aromatic carbocycles. The first-order valence-corrected chi connectivity index (χ1v) is 5.53. The molecule has 0 aliphatic carbocycles. The van der Waals surface area contributed by atoms with Crippen molar-refractivity contribution in [3.8, 4) is 12.0 Å². The second-order valence-electron chi connectivity index (χ2n) is 3.51. The van der Waals surface area contributed by atoms with Crippen molar-refractivity contribution in [1.29, 1.82) is 0 Å². The van der Waals surface area contributed by atoms with E-state index < -0.39 is 0 Å². The summed E-state index contributed by atoms with van der Waals surface area (Å²) in [4.78, 5) is 0. The second-order valence-corrected chi connectivity index (χ2v) is 3.51. The largest absolute Gasteiger partial charge is 0.462 e. The molecule has 1 heteroatoms. The Morgan fingerprint density at radius 3 is 1.92 bits per heavy atom. The molecule has 0 aliphatic rings. The Balaban J connectivity index is 2.86. The Labute approximate surface area is 82.5 Å². The fourth-order valence-corrected chi connectivity index (χ4v) is 1.40. The van der Waals surface area contributed by atoms with Gasteiger partial charge in [0.05, 0.1) is 0 Å². The molecule has 1 nitrogen and oxygen atoms in total. The minimum Gasteiger partial charge on any atom is -0.462 e. The molecule has 76 valence electrons. The van der Waals surface area contributed by atoms with Gasteiger partial charge in [0.1, 0.15) is 6.11 Å². The molecule has 0 unspecified atom stereocenters. The molecule has 0 amide bonds. The van der Waals surface area contributed by atoms with Crippen LogP contribution in [0.2, 0.25) is 0 Å². The van der Waals surface area contributed by atoms with Gasteiger partial charge in [0, 0.05) is 6.42 Å². The van der Waals surface area contributed by atoms with E-state index in [0.29, 0.717) is 0 Å². The van der Waals surface area contributed by atoms with Crippen molar-refractivity contribution in [2.24, 2.45) is 0 Å². The monoisotopic (exact) mass is 182 g/mol. The van der Waals surface area contributed by atoms with Crippen LogP contribution in [0.5, 0.6) is 0 Å². The average molecular weight is 182 g/mol. The molecule has 0 rings (SSSR count). The summed E-state index contributed by atoms with van der Waals surface area (Å²) in [7, 11) is 0. The van der Waals surface area contributed by atoms with Gasteiger partial charge in [-0.25, -0.2) is 0 Å². The van der Waals surface area contributed by atoms with Crippen LogP contribution in [0.1, 0.15) is 64.7 Å². The van der Waals surface area contributed by atoms with Crippen molar-refractivity contribution in [2.45, 2.75) is 64.7 Å². The van der Waals surface area contributed by atoms with Crippen LogP contribution in [-0.4, -0.2) is 5.11 Å². The van der Waals surface area contributed by atoms with Gasteiger partial charge < -0.3 is 5.11 Å². The first-order chi connectivity index (χ1) is 6.41. The van der Waals surface area contributed by atoms with Crippen LogP contribution in [-0.2, 0) is 0 Å². The van der Waals surface area contributed by atoms with E-state index in [1.807, 2.05) is 6.11 Å². The Morgan fingerprint density at radius 2 is 1.38 bits per heavy atom. The highest BCUT2D eigenvalue weighted by Crippen LogP contribution is 2.08. The minimum atomic E-state index is 0.853. The minimum absolute atomic E-state index is 0.853. The van der Waals surface area contributed by atoms with Crippen LogP contribution < -0.4 is 0 Å². The quantitative estimate of drug-likeness (QED) is 0.446. The Hall–Kier alpha value is -0.640.